The molecule has 0 aliphatic carbocycles. The maximum absolute atomic E-state index is 12.6. The highest BCUT2D eigenvalue weighted by Crippen LogP contribution is 2.17. The van der Waals surface area contributed by atoms with Gasteiger partial charge in [-0.25, -0.2) is 4.79 Å². The second-order valence-corrected chi connectivity index (χ2v) is 7.10. The predicted octanol–water partition coefficient (Wildman–Crippen LogP) is 4.80. The third-order valence-electron chi connectivity index (χ3n) is 4.65. The summed E-state index contributed by atoms with van der Waals surface area (Å²) in [5.74, 6) is 0.463. The number of nitrogens with one attached hydrogen (secondary N) is 2. The van der Waals surface area contributed by atoms with Crippen molar-refractivity contribution in [2.45, 2.75) is 20.4 Å². The van der Waals surface area contributed by atoms with Crippen LogP contribution in [0.15, 0.2) is 72.8 Å². The zero-order valence-corrected chi connectivity index (χ0v) is 19.0. The number of amides is 2. The topological polar surface area (TPSA) is 103 Å². The van der Waals surface area contributed by atoms with Gasteiger partial charge in [0, 0.05) is 23.4 Å². The molecule has 0 aliphatic heterocycles. The van der Waals surface area contributed by atoms with Crippen LogP contribution in [-0.2, 0) is 11.3 Å². The molecule has 176 valence electrons. The van der Waals surface area contributed by atoms with E-state index in [4.69, 9.17) is 14.2 Å². The van der Waals surface area contributed by atoms with E-state index in [0.717, 1.165) is 5.56 Å². The van der Waals surface area contributed by atoms with Gasteiger partial charge in [0.25, 0.3) is 11.8 Å². The molecule has 0 fully saturated rings. The lowest BCUT2D eigenvalue weighted by Gasteiger charge is -2.10. The van der Waals surface area contributed by atoms with Gasteiger partial charge in [0.1, 0.15) is 11.5 Å². The monoisotopic (exact) mass is 462 g/mol. The van der Waals surface area contributed by atoms with E-state index >= 15 is 0 Å². The summed E-state index contributed by atoms with van der Waals surface area (Å²) in [7, 11) is 0. The number of benzene rings is 3. The van der Waals surface area contributed by atoms with Crippen molar-refractivity contribution in [2.75, 3.05) is 18.5 Å². The number of ether oxygens (including phenoxy) is 3. The van der Waals surface area contributed by atoms with Crippen molar-refractivity contribution in [1.29, 1.82) is 0 Å². The van der Waals surface area contributed by atoms with Gasteiger partial charge in [-0.2, -0.15) is 0 Å². The summed E-state index contributed by atoms with van der Waals surface area (Å²) >= 11 is 0. The summed E-state index contributed by atoms with van der Waals surface area (Å²) < 4.78 is 15.1. The molecule has 3 aromatic rings. The smallest absolute Gasteiger partial charge is 0.494 e. The lowest BCUT2D eigenvalue weighted by atomic mass is 10.1. The number of hydrogen-bond acceptors (Lipinski definition) is 6. The third kappa shape index (κ3) is 7.09. The summed E-state index contributed by atoms with van der Waals surface area (Å²) in [6, 6.07) is 20.2. The lowest BCUT2D eigenvalue weighted by Crippen LogP contribution is -2.22. The molecule has 0 unspecified atom stereocenters. The first-order chi connectivity index (χ1) is 16.5. The molecule has 0 saturated heterocycles. The first-order valence-corrected chi connectivity index (χ1v) is 10.8. The molecule has 0 atom stereocenters. The van der Waals surface area contributed by atoms with Crippen molar-refractivity contribution in [3.8, 4) is 11.5 Å². The van der Waals surface area contributed by atoms with Crippen LogP contribution in [0.25, 0.3) is 0 Å². The molecule has 34 heavy (non-hydrogen) atoms. The van der Waals surface area contributed by atoms with Gasteiger partial charge in [-0.05, 0) is 80.1 Å². The van der Waals surface area contributed by atoms with Gasteiger partial charge < -0.3 is 24.8 Å². The quantitative estimate of drug-likeness (QED) is 0.350. The maximum Gasteiger partial charge on any atom is 0.513 e. The highest BCUT2D eigenvalue weighted by molar-refractivity contribution is 6.04. The van der Waals surface area contributed by atoms with Crippen LogP contribution in [0.5, 0.6) is 11.5 Å². The van der Waals surface area contributed by atoms with Gasteiger partial charge in [0.2, 0.25) is 0 Å². The molecule has 2 amide bonds. The second kappa shape index (κ2) is 12.1. The molecule has 0 bridgehead atoms. The standard InChI is InChI=1S/C26H26N2O6/c1-3-32-22-12-8-19(9-13-22)24(29)27-17-18-6-5-7-21(16-18)28-25(30)20-10-14-23(15-11-20)34-26(31)33-4-2/h5-16H,3-4,17H2,1-2H3,(H,27,29)(H,28,30). The zero-order chi connectivity index (χ0) is 24.3. The maximum atomic E-state index is 12.6. The van der Waals surface area contributed by atoms with Crippen LogP contribution >= 0.6 is 0 Å². The van der Waals surface area contributed by atoms with Gasteiger partial charge in [-0.15, -0.1) is 0 Å². The van der Waals surface area contributed by atoms with E-state index in [2.05, 4.69) is 10.6 Å². The van der Waals surface area contributed by atoms with Gasteiger partial charge in [0.05, 0.1) is 13.2 Å². The molecular formula is C26H26N2O6. The largest absolute Gasteiger partial charge is 0.513 e. The Morgan fingerprint density at radius 3 is 2.06 bits per heavy atom. The fourth-order valence-corrected chi connectivity index (χ4v) is 3.03. The Hall–Kier alpha value is -4.33. The van der Waals surface area contributed by atoms with Crippen molar-refractivity contribution < 1.29 is 28.6 Å². The average Bonchev–Trinajstić information content (AvgIpc) is 2.84. The Balaban J connectivity index is 1.55. The number of carbonyl (C=O) groups is 3. The Labute approximate surface area is 197 Å². The number of anilines is 1. The first-order valence-electron chi connectivity index (χ1n) is 10.8. The number of hydrogen-bond donors (Lipinski definition) is 2. The van der Waals surface area contributed by atoms with Gasteiger partial charge in [-0.1, -0.05) is 12.1 Å². The first kappa shape index (κ1) is 24.3. The molecule has 0 aromatic heterocycles. The van der Waals surface area contributed by atoms with Gasteiger partial charge in [-0.3, -0.25) is 9.59 Å². The molecule has 8 heteroatoms. The zero-order valence-electron chi connectivity index (χ0n) is 19.0. The van der Waals surface area contributed by atoms with Crippen molar-refractivity contribution >= 4 is 23.7 Å². The van der Waals surface area contributed by atoms with Crippen LogP contribution in [0.3, 0.4) is 0 Å². The van der Waals surface area contributed by atoms with Crippen LogP contribution < -0.4 is 20.1 Å². The molecule has 3 rings (SSSR count). The van der Waals surface area contributed by atoms with Gasteiger partial charge in [0.15, 0.2) is 0 Å². The minimum atomic E-state index is -0.800. The molecule has 0 spiro atoms. The highest BCUT2D eigenvalue weighted by atomic mass is 16.7. The number of carbonyl (C=O) groups excluding carboxylic acids is 3. The average molecular weight is 463 g/mol. The van der Waals surface area contributed by atoms with E-state index in [-0.39, 0.29) is 24.2 Å². The van der Waals surface area contributed by atoms with Crippen LogP contribution in [0, 0.1) is 0 Å². The lowest BCUT2D eigenvalue weighted by molar-refractivity contribution is 0.0949. The van der Waals surface area contributed by atoms with Crippen LogP contribution in [0.2, 0.25) is 0 Å². The number of rotatable bonds is 9. The summed E-state index contributed by atoms with van der Waals surface area (Å²) in [5, 5.41) is 5.68. The molecular weight excluding hydrogens is 436 g/mol. The van der Waals surface area contributed by atoms with E-state index < -0.39 is 6.16 Å². The van der Waals surface area contributed by atoms with Crippen molar-refractivity contribution in [2.24, 2.45) is 0 Å². The van der Waals surface area contributed by atoms with Crippen molar-refractivity contribution in [1.82, 2.24) is 5.32 Å². The van der Waals surface area contributed by atoms with Crippen molar-refractivity contribution in [3.05, 3.63) is 89.5 Å². The van der Waals surface area contributed by atoms with Crippen LogP contribution in [0.4, 0.5) is 10.5 Å². The summed E-state index contributed by atoms with van der Waals surface area (Å²) in [5.41, 5.74) is 2.34. The Morgan fingerprint density at radius 1 is 0.765 bits per heavy atom. The molecule has 0 saturated carbocycles. The second-order valence-electron chi connectivity index (χ2n) is 7.10. The molecule has 0 heterocycles. The molecule has 3 aromatic carbocycles. The predicted molar refractivity (Wildman–Crippen MR) is 127 cm³/mol. The Kier molecular flexibility index (Phi) is 8.62. The van der Waals surface area contributed by atoms with Crippen LogP contribution in [-0.4, -0.2) is 31.2 Å². The summed E-state index contributed by atoms with van der Waals surface area (Å²) in [4.78, 5) is 36.3. The third-order valence-corrected chi connectivity index (χ3v) is 4.65. The van der Waals surface area contributed by atoms with E-state index in [0.29, 0.717) is 35.7 Å². The van der Waals surface area contributed by atoms with E-state index in [1.165, 1.54) is 12.1 Å². The van der Waals surface area contributed by atoms with E-state index in [1.54, 1.807) is 61.5 Å². The van der Waals surface area contributed by atoms with E-state index in [9.17, 15) is 14.4 Å². The minimum absolute atomic E-state index is 0.206. The molecule has 0 radical (unpaired) electrons. The summed E-state index contributed by atoms with van der Waals surface area (Å²) in [6.45, 7) is 4.66. The fourth-order valence-electron chi connectivity index (χ4n) is 3.03. The van der Waals surface area contributed by atoms with E-state index in [1.807, 2.05) is 13.0 Å². The Morgan fingerprint density at radius 2 is 1.41 bits per heavy atom. The highest BCUT2D eigenvalue weighted by Gasteiger charge is 2.10. The minimum Gasteiger partial charge on any atom is -0.494 e. The SMILES string of the molecule is CCOC(=O)Oc1ccc(C(=O)Nc2cccc(CNC(=O)c3ccc(OCC)cc3)c2)cc1. The molecule has 2 N–H and O–H groups in total. The van der Waals surface area contributed by atoms with Crippen LogP contribution in [0.1, 0.15) is 40.1 Å². The van der Waals surface area contributed by atoms with Gasteiger partial charge >= 0.3 is 6.16 Å². The van der Waals surface area contributed by atoms with Crippen molar-refractivity contribution in [3.63, 3.8) is 0 Å². The Bertz CT molecular complexity index is 1130. The fraction of sp³-hybridized carbons (Fsp3) is 0.192. The normalized spacial score (nSPS) is 10.2. The molecule has 0 aliphatic rings. The molecule has 8 nitrogen and oxygen atoms in total. The summed E-state index contributed by atoms with van der Waals surface area (Å²) in [6.07, 6.45) is -0.800.